The first-order valence-corrected chi connectivity index (χ1v) is 13.5. The minimum Gasteiger partial charge on any atom is -0.248 e. The van der Waals surface area contributed by atoms with Gasteiger partial charge in [-0.15, -0.1) is 0 Å². The van der Waals surface area contributed by atoms with Crippen molar-refractivity contribution in [3.05, 3.63) is 0 Å². The van der Waals surface area contributed by atoms with E-state index in [1.165, 1.54) is 38.5 Å². The second kappa shape index (κ2) is 17.5. The lowest BCUT2D eigenvalue weighted by Crippen LogP contribution is -2.12. The summed E-state index contributed by atoms with van der Waals surface area (Å²) in [5.74, 6) is 3.05. The zero-order valence-corrected chi connectivity index (χ0v) is 21.1. The van der Waals surface area contributed by atoms with Crippen LogP contribution in [-0.2, 0) is 18.8 Å². The summed E-state index contributed by atoms with van der Waals surface area (Å²) in [6.45, 7) is 14.1. The summed E-state index contributed by atoms with van der Waals surface area (Å²) in [7, 11) is -3.82. The van der Waals surface area contributed by atoms with E-state index in [1.807, 2.05) is 0 Å². The summed E-state index contributed by atoms with van der Waals surface area (Å²) in [4.78, 5) is 0. The van der Waals surface area contributed by atoms with Gasteiger partial charge in [-0.2, -0.15) is 8.42 Å². The third-order valence-corrected chi connectivity index (χ3v) is 6.52. The Morgan fingerprint density at radius 2 is 0.897 bits per heavy atom. The van der Waals surface area contributed by atoms with Crippen LogP contribution in [0.15, 0.2) is 0 Å². The van der Waals surface area contributed by atoms with Crippen LogP contribution in [0.25, 0.3) is 0 Å². The van der Waals surface area contributed by atoms with Crippen LogP contribution < -0.4 is 0 Å². The Morgan fingerprint density at radius 3 is 1.24 bits per heavy atom. The Hall–Kier alpha value is -0.130. The number of hydrogen-bond acceptors (Lipinski definition) is 4. The molecule has 4 nitrogen and oxygen atoms in total. The molecule has 0 spiro atoms. The maximum Gasteiger partial charge on any atom is 0.399 e. The molecule has 0 aliphatic heterocycles. The monoisotopic (exact) mass is 434 g/mol. The fourth-order valence-electron chi connectivity index (χ4n) is 3.42. The summed E-state index contributed by atoms with van der Waals surface area (Å²) in [5, 5.41) is 0. The van der Waals surface area contributed by atoms with Crippen LogP contribution in [-0.4, -0.2) is 21.6 Å². The molecule has 0 radical (unpaired) electrons. The van der Waals surface area contributed by atoms with Crippen molar-refractivity contribution in [2.24, 2.45) is 23.7 Å². The largest absolute Gasteiger partial charge is 0.399 e. The second-order valence-electron chi connectivity index (χ2n) is 9.90. The zero-order valence-electron chi connectivity index (χ0n) is 20.3. The molecule has 0 aromatic carbocycles. The van der Waals surface area contributed by atoms with E-state index < -0.39 is 10.4 Å². The zero-order chi connectivity index (χ0) is 22.1. The Bertz CT molecular complexity index is 424. The quantitative estimate of drug-likeness (QED) is 0.186. The highest BCUT2D eigenvalue weighted by Crippen LogP contribution is 2.19. The number of unbranched alkanes of at least 4 members (excludes halogenated alkanes) is 4. The van der Waals surface area contributed by atoms with Gasteiger partial charge >= 0.3 is 10.4 Å². The molecule has 0 aliphatic rings. The summed E-state index contributed by atoms with van der Waals surface area (Å²) >= 11 is 0. The minimum atomic E-state index is -3.82. The Kier molecular flexibility index (Phi) is 17.5. The van der Waals surface area contributed by atoms with Crippen LogP contribution in [0.1, 0.15) is 119 Å². The molecule has 29 heavy (non-hydrogen) atoms. The molecule has 0 N–H and O–H groups in total. The molecule has 176 valence electrons. The fourth-order valence-corrected chi connectivity index (χ4v) is 4.14. The van der Waals surface area contributed by atoms with Gasteiger partial charge in [-0.3, -0.25) is 0 Å². The lowest BCUT2D eigenvalue weighted by Gasteiger charge is -2.13. The lowest BCUT2D eigenvalue weighted by molar-refractivity contribution is 0.207. The lowest BCUT2D eigenvalue weighted by atomic mass is 9.95. The smallest absolute Gasteiger partial charge is 0.248 e. The first-order chi connectivity index (χ1) is 13.6. The van der Waals surface area contributed by atoms with E-state index in [0.717, 1.165) is 62.2 Å². The maximum absolute atomic E-state index is 11.8. The SMILES string of the molecule is CC(C)CCC(C)CCCCCOS(=O)(=O)OCCCCCC(C)CCC(C)C. The van der Waals surface area contributed by atoms with Gasteiger partial charge in [0.2, 0.25) is 0 Å². The molecule has 0 heterocycles. The molecule has 5 heteroatoms. The van der Waals surface area contributed by atoms with Crippen LogP contribution in [0.5, 0.6) is 0 Å². The van der Waals surface area contributed by atoms with Crippen molar-refractivity contribution < 1.29 is 16.8 Å². The number of rotatable bonds is 20. The van der Waals surface area contributed by atoms with Gasteiger partial charge in [-0.1, -0.05) is 106 Å². The van der Waals surface area contributed by atoms with E-state index in [1.54, 1.807) is 0 Å². The molecule has 2 unspecified atom stereocenters. The average Bonchev–Trinajstić information content (AvgIpc) is 2.63. The summed E-state index contributed by atoms with van der Waals surface area (Å²) in [6.07, 6.45) is 13.4. The maximum atomic E-state index is 11.8. The van der Waals surface area contributed by atoms with E-state index in [9.17, 15) is 8.42 Å². The molecule has 0 rings (SSSR count). The van der Waals surface area contributed by atoms with Crippen molar-refractivity contribution in [3.8, 4) is 0 Å². The summed E-state index contributed by atoms with van der Waals surface area (Å²) in [5.41, 5.74) is 0. The van der Waals surface area contributed by atoms with Gasteiger partial charge in [-0.05, 0) is 36.5 Å². The van der Waals surface area contributed by atoms with Gasteiger partial charge in [0.1, 0.15) is 0 Å². The first-order valence-electron chi connectivity index (χ1n) is 12.2. The van der Waals surface area contributed by atoms with Crippen molar-refractivity contribution in [1.82, 2.24) is 0 Å². The predicted octanol–water partition coefficient (Wildman–Crippen LogP) is 7.53. The Balaban J connectivity index is 3.58. The van der Waals surface area contributed by atoms with Crippen molar-refractivity contribution in [1.29, 1.82) is 0 Å². The molecule has 2 atom stereocenters. The minimum absolute atomic E-state index is 0.232. The van der Waals surface area contributed by atoms with Gasteiger partial charge in [0, 0.05) is 0 Å². The highest BCUT2D eigenvalue weighted by Gasteiger charge is 2.11. The van der Waals surface area contributed by atoms with E-state index in [-0.39, 0.29) is 13.2 Å². The number of hydrogen-bond donors (Lipinski definition) is 0. The first kappa shape index (κ1) is 28.9. The molecule has 0 fully saturated rings. The van der Waals surface area contributed by atoms with Gasteiger partial charge < -0.3 is 0 Å². The molecular weight excluding hydrogens is 384 g/mol. The Labute approximate surface area is 182 Å². The van der Waals surface area contributed by atoms with Crippen molar-refractivity contribution in [2.45, 2.75) is 119 Å². The summed E-state index contributed by atoms with van der Waals surface area (Å²) < 4.78 is 33.5. The molecule has 0 aromatic rings. The normalized spacial score (nSPS) is 14.6. The molecule has 0 aromatic heterocycles. The summed E-state index contributed by atoms with van der Waals surface area (Å²) in [6, 6.07) is 0. The van der Waals surface area contributed by atoms with Crippen LogP contribution in [0.2, 0.25) is 0 Å². The van der Waals surface area contributed by atoms with Gasteiger partial charge in [0.05, 0.1) is 13.2 Å². The molecule has 0 bridgehead atoms. The van der Waals surface area contributed by atoms with E-state index >= 15 is 0 Å². The van der Waals surface area contributed by atoms with E-state index in [4.69, 9.17) is 8.37 Å². The van der Waals surface area contributed by atoms with Crippen LogP contribution in [0.3, 0.4) is 0 Å². The van der Waals surface area contributed by atoms with Crippen molar-refractivity contribution in [3.63, 3.8) is 0 Å². The third-order valence-electron chi connectivity index (χ3n) is 5.61. The molecule has 0 saturated carbocycles. The van der Waals surface area contributed by atoms with Gasteiger partial charge in [0.15, 0.2) is 0 Å². The molecule has 0 saturated heterocycles. The van der Waals surface area contributed by atoms with Gasteiger partial charge in [-0.25, -0.2) is 8.37 Å². The topological polar surface area (TPSA) is 52.6 Å². The van der Waals surface area contributed by atoms with Crippen LogP contribution in [0.4, 0.5) is 0 Å². The van der Waals surface area contributed by atoms with E-state index in [2.05, 4.69) is 41.5 Å². The average molecular weight is 435 g/mol. The van der Waals surface area contributed by atoms with E-state index in [0.29, 0.717) is 0 Å². The highest BCUT2D eigenvalue weighted by atomic mass is 32.3. The Morgan fingerprint density at radius 1 is 0.517 bits per heavy atom. The van der Waals surface area contributed by atoms with Crippen LogP contribution in [0, 0.1) is 23.7 Å². The van der Waals surface area contributed by atoms with Gasteiger partial charge in [0.25, 0.3) is 0 Å². The third kappa shape index (κ3) is 20.9. The van der Waals surface area contributed by atoms with Crippen LogP contribution >= 0.6 is 0 Å². The second-order valence-corrected chi connectivity index (χ2v) is 11.2. The highest BCUT2D eigenvalue weighted by molar-refractivity contribution is 7.81. The van der Waals surface area contributed by atoms with Crippen molar-refractivity contribution in [2.75, 3.05) is 13.2 Å². The standard InChI is InChI=1S/C24H50O4S/c1-21(2)15-17-23(5)13-9-7-11-19-27-29(25,26)28-20-12-8-10-14-24(6)18-16-22(3)4/h21-24H,7-20H2,1-6H3. The predicted molar refractivity (Wildman–Crippen MR) is 124 cm³/mol. The van der Waals surface area contributed by atoms with Crippen molar-refractivity contribution >= 4 is 10.4 Å². The fraction of sp³-hybridized carbons (Fsp3) is 1.00. The molecular formula is C24H50O4S. The molecule has 0 amide bonds. The molecule has 0 aliphatic carbocycles.